The molecule has 0 unspecified atom stereocenters. The van der Waals surface area contributed by atoms with E-state index in [0.717, 1.165) is 17.8 Å². The minimum absolute atomic E-state index is 0.898. The zero-order valence-electron chi connectivity index (χ0n) is 20.0. The summed E-state index contributed by atoms with van der Waals surface area (Å²) < 4.78 is 0. The van der Waals surface area contributed by atoms with Crippen LogP contribution in [0.1, 0.15) is 151 Å². The van der Waals surface area contributed by atoms with Crippen LogP contribution in [0.4, 0.5) is 0 Å². The summed E-state index contributed by atoms with van der Waals surface area (Å²) in [5.74, 6) is 3.08. The van der Waals surface area contributed by atoms with Crippen molar-refractivity contribution in [3.63, 3.8) is 0 Å². The topological polar surface area (TPSA) is 0 Å². The van der Waals surface area contributed by atoms with Gasteiger partial charge in [0.1, 0.15) is 0 Å². The molecule has 26 heavy (non-hydrogen) atoms. The van der Waals surface area contributed by atoms with Gasteiger partial charge in [0.05, 0.1) is 0 Å². The number of unbranched alkanes of at least 4 members (excludes halogenated alkanes) is 2. The summed E-state index contributed by atoms with van der Waals surface area (Å²) in [6.45, 7) is 15.8. The van der Waals surface area contributed by atoms with E-state index in [4.69, 9.17) is 0 Å². The van der Waals surface area contributed by atoms with E-state index in [1.165, 1.54) is 103 Å². The Hall–Kier alpha value is 0. The van der Waals surface area contributed by atoms with Crippen LogP contribution in [0.3, 0.4) is 0 Å². The van der Waals surface area contributed by atoms with Gasteiger partial charge in [-0.1, -0.05) is 151 Å². The van der Waals surface area contributed by atoms with Crippen LogP contribution in [-0.2, 0) is 0 Å². The van der Waals surface area contributed by atoms with Gasteiger partial charge >= 0.3 is 0 Å². The number of rotatable bonds is 6. The van der Waals surface area contributed by atoms with Crippen molar-refractivity contribution < 1.29 is 0 Å². The SMILES string of the molecule is CCC1CCCC1.CCC1CCCCC1.CCCC(C)C.CCCCC. The molecule has 0 radical (unpaired) electrons. The molecule has 0 amide bonds. The largest absolute Gasteiger partial charge is 0.0654 e. The summed E-state index contributed by atoms with van der Waals surface area (Å²) in [5.41, 5.74) is 0. The molecular formula is C26H56. The molecule has 0 atom stereocenters. The summed E-state index contributed by atoms with van der Waals surface area (Å²) in [6, 6.07) is 0. The lowest BCUT2D eigenvalue weighted by Gasteiger charge is -2.18. The number of hydrogen-bond acceptors (Lipinski definition) is 0. The van der Waals surface area contributed by atoms with Gasteiger partial charge in [-0.15, -0.1) is 0 Å². The third-order valence-electron chi connectivity index (χ3n) is 5.93. The average Bonchev–Trinajstić information content (AvgIpc) is 3.18. The quantitative estimate of drug-likeness (QED) is 0.437. The van der Waals surface area contributed by atoms with Gasteiger partial charge in [-0.3, -0.25) is 0 Å². The van der Waals surface area contributed by atoms with Crippen molar-refractivity contribution >= 4 is 0 Å². The van der Waals surface area contributed by atoms with Crippen molar-refractivity contribution in [3.05, 3.63) is 0 Å². The lowest BCUT2D eigenvalue weighted by atomic mass is 9.88. The minimum atomic E-state index is 0.898. The predicted octanol–water partition coefficient (Wildman–Crippen LogP) is 10.2. The maximum absolute atomic E-state index is 2.32. The van der Waals surface area contributed by atoms with Gasteiger partial charge in [0, 0.05) is 0 Å². The Morgan fingerprint density at radius 3 is 1.12 bits per heavy atom. The normalized spacial score (nSPS) is 17.5. The van der Waals surface area contributed by atoms with Gasteiger partial charge in [0.25, 0.3) is 0 Å². The van der Waals surface area contributed by atoms with Crippen LogP contribution in [0, 0.1) is 17.8 Å². The fraction of sp³-hybridized carbons (Fsp3) is 1.00. The Morgan fingerprint density at radius 1 is 0.577 bits per heavy atom. The molecular weight excluding hydrogens is 312 g/mol. The summed E-state index contributed by atoms with van der Waals surface area (Å²) in [6.07, 6.45) is 23.1. The first kappa shape index (κ1) is 28.2. The van der Waals surface area contributed by atoms with E-state index in [1.807, 2.05) is 0 Å². The molecule has 0 aliphatic heterocycles. The molecule has 160 valence electrons. The van der Waals surface area contributed by atoms with Gasteiger partial charge in [-0.25, -0.2) is 0 Å². The van der Waals surface area contributed by atoms with Gasteiger partial charge in [0.2, 0.25) is 0 Å². The number of hydrogen-bond donors (Lipinski definition) is 0. The van der Waals surface area contributed by atoms with Crippen LogP contribution < -0.4 is 0 Å². The second kappa shape index (κ2) is 23.0. The van der Waals surface area contributed by atoms with Crippen molar-refractivity contribution in [3.8, 4) is 0 Å². The molecule has 0 N–H and O–H groups in total. The van der Waals surface area contributed by atoms with Crippen LogP contribution in [0.15, 0.2) is 0 Å². The molecule has 0 heterocycles. The van der Waals surface area contributed by atoms with E-state index >= 15 is 0 Å². The lowest BCUT2D eigenvalue weighted by molar-refractivity contribution is 0.349. The molecule has 0 bridgehead atoms. The van der Waals surface area contributed by atoms with Crippen molar-refractivity contribution in [2.24, 2.45) is 17.8 Å². The summed E-state index contributed by atoms with van der Waals surface area (Å²) >= 11 is 0. The molecule has 2 rings (SSSR count). The van der Waals surface area contributed by atoms with Crippen LogP contribution in [-0.4, -0.2) is 0 Å². The summed E-state index contributed by atoms with van der Waals surface area (Å²) in [5, 5.41) is 0. The highest BCUT2D eigenvalue weighted by Crippen LogP contribution is 2.26. The highest BCUT2D eigenvalue weighted by molar-refractivity contribution is 4.64. The van der Waals surface area contributed by atoms with E-state index in [2.05, 4.69) is 48.5 Å². The minimum Gasteiger partial charge on any atom is -0.0654 e. The van der Waals surface area contributed by atoms with E-state index in [9.17, 15) is 0 Å². The average molecular weight is 369 g/mol. The molecule has 2 fully saturated rings. The second-order valence-corrected chi connectivity index (χ2v) is 9.01. The fourth-order valence-corrected chi connectivity index (χ4v) is 3.94. The Balaban J connectivity index is 0. The van der Waals surface area contributed by atoms with Gasteiger partial charge < -0.3 is 0 Å². The predicted molar refractivity (Wildman–Crippen MR) is 124 cm³/mol. The second-order valence-electron chi connectivity index (χ2n) is 9.01. The third-order valence-corrected chi connectivity index (χ3v) is 5.93. The summed E-state index contributed by atoms with van der Waals surface area (Å²) in [4.78, 5) is 0. The molecule has 2 aliphatic rings. The van der Waals surface area contributed by atoms with E-state index in [0.29, 0.717) is 0 Å². The van der Waals surface area contributed by atoms with E-state index in [1.54, 1.807) is 0 Å². The van der Waals surface area contributed by atoms with Crippen LogP contribution >= 0.6 is 0 Å². The first-order valence-electron chi connectivity index (χ1n) is 12.5. The van der Waals surface area contributed by atoms with Gasteiger partial charge in [-0.2, -0.15) is 0 Å². The molecule has 0 aromatic carbocycles. The Labute approximate surface area is 169 Å². The highest BCUT2D eigenvalue weighted by Gasteiger charge is 2.11. The van der Waals surface area contributed by atoms with Crippen molar-refractivity contribution in [1.29, 1.82) is 0 Å². The Morgan fingerprint density at radius 2 is 0.962 bits per heavy atom. The van der Waals surface area contributed by atoms with Gasteiger partial charge in [0.15, 0.2) is 0 Å². The molecule has 0 nitrogen and oxygen atoms in total. The smallest absolute Gasteiger partial charge is 0.0417 e. The van der Waals surface area contributed by atoms with Crippen LogP contribution in [0.5, 0.6) is 0 Å². The fourth-order valence-electron chi connectivity index (χ4n) is 3.94. The van der Waals surface area contributed by atoms with E-state index < -0.39 is 0 Å². The zero-order valence-corrected chi connectivity index (χ0v) is 20.0. The van der Waals surface area contributed by atoms with E-state index in [-0.39, 0.29) is 0 Å². The lowest BCUT2D eigenvalue weighted by Crippen LogP contribution is -2.03. The molecule has 0 saturated heterocycles. The summed E-state index contributed by atoms with van der Waals surface area (Å²) in [7, 11) is 0. The zero-order chi connectivity index (χ0) is 20.0. The van der Waals surface area contributed by atoms with Crippen molar-refractivity contribution in [1.82, 2.24) is 0 Å². The standard InChI is InChI=1S/C8H16.C7H14.C6H14.C5H12/c1-2-8-6-4-3-5-7-8;1-2-7-5-3-4-6-7;1-4-5-6(2)3;1-3-5-4-2/h8H,2-7H2,1H3;7H,2-6H2,1H3;6H,4-5H2,1-3H3;3-5H2,1-2H3. The first-order chi connectivity index (χ1) is 12.5. The van der Waals surface area contributed by atoms with Gasteiger partial charge in [-0.05, 0) is 17.8 Å². The molecule has 0 aromatic rings. The van der Waals surface area contributed by atoms with Crippen LogP contribution in [0.2, 0.25) is 0 Å². The molecule has 2 aliphatic carbocycles. The maximum atomic E-state index is 2.32. The highest BCUT2D eigenvalue weighted by atomic mass is 14.2. The molecule has 0 spiro atoms. The Bertz CT molecular complexity index is 216. The monoisotopic (exact) mass is 368 g/mol. The third kappa shape index (κ3) is 22.0. The Kier molecular flexibility index (Phi) is 25.0. The molecule has 0 heteroatoms. The van der Waals surface area contributed by atoms with Crippen molar-refractivity contribution in [2.45, 2.75) is 151 Å². The maximum Gasteiger partial charge on any atom is -0.0417 e. The van der Waals surface area contributed by atoms with Crippen LogP contribution in [0.25, 0.3) is 0 Å². The molecule has 0 aromatic heterocycles. The molecule has 2 saturated carbocycles. The first-order valence-corrected chi connectivity index (χ1v) is 12.5. The van der Waals surface area contributed by atoms with Crippen molar-refractivity contribution in [2.75, 3.05) is 0 Å².